The molecule has 3 rings (SSSR count). The van der Waals surface area contributed by atoms with Gasteiger partial charge in [0.1, 0.15) is 0 Å². The van der Waals surface area contributed by atoms with Crippen LogP contribution in [0.2, 0.25) is 0 Å². The summed E-state index contributed by atoms with van der Waals surface area (Å²) in [6.07, 6.45) is 4.14. The van der Waals surface area contributed by atoms with Gasteiger partial charge in [-0.3, -0.25) is 4.90 Å². The molecule has 2 aromatic carbocycles. The summed E-state index contributed by atoms with van der Waals surface area (Å²) in [5, 5.41) is 11.1. The highest BCUT2D eigenvalue weighted by Gasteiger charge is 2.41. The van der Waals surface area contributed by atoms with Crippen molar-refractivity contribution in [2.45, 2.75) is 39.2 Å². The number of benzene rings is 1. The Morgan fingerprint density at radius 2 is 2.07 bits per heavy atom. The Hall–Kier alpha value is -2.41. The Kier molecular flexibility index (Phi) is 7.13. The molecule has 0 amide bonds. The number of aliphatic imine (C=N–C) groups is 1. The van der Waals surface area contributed by atoms with Crippen molar-refractivity contribution < 1.29 is 9.47 Å². The van der Waals surface area contributed by atoms with Crippen molar-refractivity contribution in [2.75, 3.05) is 26.5 Å². The van der Waals surface area contributed by atoms with Crippen LogP contribution in [0.1, 0.15) is 39.2 Å². The largest absolute Gasteiger partial charge is 0.464 e. The Labute approximate surface area is 184 Å². The summed E-state index contributed by atoms with van der Waals surface area (Å²) in [5.41, 5.74) is 1.22. The molecule has 158 valence electrons. The lowest BCUT2D eigenvalue weighted by atomic mass is 9.77. The van der Waals surface area contributed by atoms with Gasteiger partial charge in [-0.25, -0.2) is 0 Å². The highest BCUT2D eigenvalue weighted by molar-refractivity contribution is 7.99. The van der Waals surface area contributed by atoms with Gasteiger partial charge < -0.3 is 9.47 Å². The van der Waals surface area contributed by atoms with Gasteiger partial charge in [0, 0.05) is 29.8 Å². The quantitative estimate of drug-likeness (QED) is 0.561. The van der Waals surface area contributed by atoms with E-state index in [9.17, 15) is 5.26 Å². The van der Waals surface area contributed by atoms with E-state index < -0.39 is 0 Å². The van der Waals surface area contributed by atoms with Gasteiger partial charge >= 0.3 is 0 Å². The molecule has 5 nitrogen and oxygen atoms in total. The number of ether oxygens (including phenoxy) is 2. The summed E-state index contributed by atoms with van der Waals surface area (Å²) in [6, 6.07) is 16.0. The summed E-state index contributed by atoms with van der Waals surface area (Å²) >= 11 is 1.62. The van der Waals surface area contributed by atoms with Gasteiger partial charge in [-0.15, -0.1) is 11.8 Å². The van der Waals surface area contributed by atoms with Crippen molar-refractivity contribution in [3.05, 3.63) is 42.0 Å². The van der Waals surface area contributed by atoms with Crippen molar-refractivity contribution in [1.82, 2.24) is 4.90 Å². The van der Waals surface area contributed by atoms with Crippen LogP contribution in [0.25, 0.3) is 10.8 Å². The van der Waals surface area contributed by atoms with Crippen LogP contribution in [0.4, 0.5) is 5.69 Å². The van der Waals surface area contributed by atoms with Crippen LogP contribution in [0.15, 0.2) is 29.3 Å². The van der Waals surface area contributed by atoms with Gasteiger partial charge in [0.15, 0.2) is 5.56 Å². The van der Waals surface area contributed by atoms with Crippen LogP contribution in [-0.4, -0.2) is 43.0 Å². The van der Waals surface area contributed by atoms with E-state index >= 15 is 0 Å². The summed E-state index contributed by atoms with van der Waals surface area (Å²) in [6.45, 7) is 8.20. The average Bonchev–Trinajstić information content (AvgIpc) is 2.76. The van der Waals surface area contributed by atoms with E-state index in [0.29, 0.717) is 24.1 Å². The van der Waals surface area contributed by atoms with Crippen molar-refractivity contribution in [3.63, 3.8) is 0 Å². The van der Waals surface area contributed by atoms with E-state index in [0.717, 1.165) is 35.8 Å². The van der Waals surface area contributed by atoms with Crippen LogP contribution < -0.4 is 0 Å². The van der Waals surface area contributed by atoms with Crippen LogP contribution in [0.3, 0.4) is 0 Å². The van der Waals surface area contributed by atoms with Crippen LogP contribution in [-0.2, 0) is 9.47 Å². The normalized spacial score (nSPS) is 21.4. The zero-order valence-electron chi connectivity index (χ0n) is 18.4. The van der Waals surface area contributed by atoms with Gasteiger partial charge in [0.05, 0.1) is 23.9 Å². The Morgan fingerprint density at radius 3 is 2.67 bits per heavy atom. The molecule has 0 aliphatic carbocycles. The average molecular weight is 424 g/mol. The van der Waals surface area contributed by atoms with E-state index in [1.54, 1.807) is 31.0 Å². The third-order valence-corrected chi connectivity index (χ3v) is 6.48. The fourth-order valence-corrected chi connectivity index (χ4v) is 4.80. The second-order valence-corrected chi connectivity index (χ2v) is 9.06. The van der Waals surface area contributed by atoms with E-state index in [-0.39, 0.29) is 11.0 Å². The molecule has 0 saturated carbocycles. The monoisotopic (exact) mass is 423 g/mol. The Morgan fingerprint density at radius 1 is 1.33 bits per heavy atom. The molecular formula is C24H29N3O2S. The fourth-order valence-electron chi connectivity index (χ4n) is 4.19. The van der Waals surface area contributed by atoms with Crippen molar-refractivity contribution >= 4 is 34.2 Å². The highest BCUT2D eigenvalue weighted by atomic mass is 32.2. The first-order valence-electron chi connectivity index (χ1n) is 10.2. The van der Waals surface area contributed by atoms with Gasteiger partial charge in [0.25, 0.3) is 6.02 Å². The van der Waals surface area contributed by atoms with Crippen LogP contribution >= 0.6 is 11.8 Å². The van der Waals surface area contributed by atoms with Gasteiger partial charge in [-0.1, -0.05) is 32.9 Å². The minimum Gasteiger partial charge on any atom is -0.464 e. The maximum absolute atomic E-state index is 9.42. The molecule has 1 fully saturated rings. The number of methoxy groups -OCH3 is 1. The summed E-state index contributed by atoms with van der Waals surface area (Å²) < 4.78 is 12.0. The molecule has 0 bridgehead atoms. The SMILES string of the molecule is CCC1(CC(C)C)COC(=Nc2ccc(C#N)c3cc#ccc23)N(C(OC)SC)C1. The molecule has 0 aromatic heterocycles. The predicted molar refractivity (Wildman–Crippen MR) is 123 cm³/mol. The standard InChI is InChI=1S/C24H29N3O2S/c1-6-24(13-17(2)3)15-27(23(28-4)30-5)22(29-16-24)26-21-12-11-18(14-25)19-9-7-8-10-20(19)21/h9-12,17,23H,6,13,15-16H2,1-5H3. The number of nitriles is 1. The number of amidine groups is 1. The molecular weight excluding hydrogens is 394 g/mol. The van der Waals surface area contributed by atoms with Gasteiger partial charge in [0.2, 0.25) is 0 Å². The number of fused-ring (bicyclic) bond motifs is 1. The first-order chi connectivity index (χ1) is 14.5. The van der Waals surface area contributed by atoms with E-state index in [1.165, 1.54) is 0 Å². The van der Waals surface area contributed by atoms with E-state index in [2.05, 4.69) is 43.9 Å². The van der Waals surface area contributed by atoms with E-state index in [4.69, 9.17) is 14.5 Å². The Bertz CT molecular complexity index is 949. The zero-order valence-corrected chi connectivity index (χ0v) is 19.2. The maximum atomic E-state index is 9.42. The second-order valence-electron chi connectivity index (χ2n) is 8.19. The number of thioether (sulfide) groups is 1. The highest BCUT2D eigenvalue weighted by Crippen LogP contribution is 2.38. The molecule has 2 aromatic rings. The van der Waals surface area contributed by atoms with Gasteiger partial charge in [-0.05, 0) is 49.3 Å². The number of hydrogen-bond acceptors (Lipinski definition) is 5. The van der Waals surface area contributed by atoms with Crippen LogP contribution in [0, 0.1) is 34.8 Å². The molecule has 1 saturated heterocycles. The molecule has 0 N–H and O–H groups in total. The van der Waals surface area contributed by atoms with Crippen molar-refractivity contribution in [3.8, 4) is 6.07 Å². The van der Waals surface area contributed by atoms with Gasteiger partial charge in [-0.2, -0.15) is 10.3 Å². The molecule has 0 radical (unpaired) electrons. The minimum absolute atomic E-state index is 0.0647. The molecule has 2 atom stereocenters. The van der Waals surface area contributed by atoms with E-state index in [1.807, 2.05) is 18.4 Å². The summed E-state index contributed by atoms with van der Waals surface area (Å²) in [5.74, 6) is 0.582. The Balaban J connectivity index is 2.05. The molecule has 1 heterocycles. The lowest BCUT2D eigenvalue weighted by Gasteiger charge is -2.46. The topological polar surface area (TPSA) is 57.8 Å². The number of hydrogen-bond donors (Lipinski definition) is 0. The molecule has 1 aliphatic heterocycles. The first kappa shape index (κ1) is 22.3. The lowest BCUT2D eigenvalue weighted by Crippen LogP contribution is -2.54. The smallest absolute Gasteiger partial charge is 0.295 e. The third-order valence-electron chi connectivity index (χ3n) is 5.62. The summed E-state index contributed by atoms with van der Waals surface area (Å²) in [7, 11) is 1.71. The fraction of sp³-hybridized carbons (Fsp3) is 0.500. The molecule has 0 spiro atoms. The lowest BCUT2D eigenvalue weighted by molar-refractivity contribution is -0.0313. The van der Waals surface area contributed by atoms with Crippen molar-refractivity contribution in [1.29, 1.82) is 5.26 Å². The predicted octanol–water partition coefficient (Wildman–Crippen LogP) is 5.37. The zero-order chi connectivity index (χ0) is 21.7. The second kappa shape index (κ2) is 9.60. The number of rotatable bonds is 7. The molecule has 2 unspecified atom stereocenters. The minimum atomic E-state index is -0.188. The van der Waals surface area contributed by atoms with Crippen molar-refractivity contribution in [2.24, 2.45) is 16.3 Å². The summed E-state index contributed by atoms with van der Waals surface area (Å²) in [4.78, 5) is 7.01. The molecule has 6 heteroatoms. The molecule has 1 aliphatic rings. The molecule has 30 heavy (non-hydrogen) atoms. The first-order valence-corrected chi connectivity index (χ1v) is 11.5. The maximum Gasteiger partial charge on any atom is 0.295 e. The number of nitrogens with zero attached hydrogens (tertiary/aromatic N) is 3. The third kappa shape index (κ3) is 4.51. The van der Waals surface area contributed by atoms with Crippen LogP contribution in [0.5, 0.6) is 0 Å².